The molecule has 0 rings (SSSR count). The zero-order valence-corrected chi connectivity index (χ0v) is 11.9. The molecule has 0 aliphatic rings. The Morgan fingerprint density at radius 3 is 2.00 bits per heavy atom. The van der Waals surface area contributed by atoms with Crippen molar-refractivity contribution in [3.63, 3.8) is 0 Å². The van der Waals surface area contributed by atoms with Crippen molar-refractivity contribution in [2.24, 2.45) is 0 Å². The topological polar surface area (TPSA) is 49.0 Å². The Kier molecular flexibility index (Phi) is 9.68. The number of ether oxygens (including phenoxy) is 4. The summed E-state index contributed by atoms with van der Waals surface area (Å²) in [5.74, 6) is 0. The van der Waals surface area contributed by atoms with Crippen LogP contribution in [0.5, 0.6) is 0 Å². The number of nitrogens with one attached hydrogen (secondary N) is 1. The van der Waals surface area contributed by atoms with Crippen molar-refractivity contribution in [3.8, 4) is 0 Å². The van der Waals surface area contributed by atoms with Gasteiger partial charge in [0.15, 0.2) is 0 Å². The molecule has 0 amide bonds. The molecule has 0 aromatic heterocycles. The fourth-order valence-electron chi connectivity index (χ4n) is 1.80. The fraction of sp³-hybridized carbons (Fsp3) is 1.00. The highest BCUT2D eigenvalue weighted by Gasteiger charge is 2.30. The number of hydrogen-bond donors (Lipinski definition) is 1. The van der Waals surface area contributed by atoms with Gasteiger partial charge in [0.05, 0.1) is 18.8 Å². The maximum absolute atomic E-state index is 5.85. The molecule has 5 heteroatoms. The highest BCUT2D eigenvalue weighted by Crippen LogP contribution is 2.13. The molecular formula is C12H27NO4. The second-order valence-corrected chi connectivity index (χ2v) is 4.21. The molecule has 1 N–H and O–H groups in total. The van der Waals surface area contributed by atoms with Gasteiger partial charge in [0, 0.05) is 27.9 Å². The van der Waals surface area contributed by atoms with E-state index in [4.69, 9.17) is 18.9 Å². The number of methoxy groups -OCH3 is 3. The molecule has 0 heterocycles. The average Bonchev–Trinajstić information content (AvgIpc) is 2.28. The molecule has 0 spiro atoms. The minimum Gasteiger partial charge on any atom is -0.382 e. The molecule has 0 bridgehead atoms. The monoisotopic (exact) mass is 249 g/mol. The van der Waals surface area contributed by atoms with Gasteiger partial charge in [0.2, 0.25) is 0 Å². The fourth-order valence-corrected chi connectivity index (χ4v) is 1.80. The van der Waals surface area contributed by atoms with E-state index < -0.39 is 0 Å². The summed E-state index contributed by atoms with van der Waals surface area (Å²) >= 11 is 0. The Balaban J connectivity index is 4.60. The maximum Gasteiger partial charge on any atom is 0.113 e. The molecule has 0 aliphatic carbocycles. The lowest BCUT2D eigenvalue weighted by molar-refractivity contribution is -0.141. The molecule has 0 unspecified atom stereocenters. The lowest BCUT2D eigenvalue weighted by Gasteiger charge is -2.32. The molecule has 0 aromatic rings. The SMILES string of the molecule is CNC[C@H](OC(C)C)[C@H](OC)[C@@H](COC)OC. The van der Waals surface area contributed by atoms with Gasteiger partial charge in [0.1, 0.15) is 12.2 Å². The van der Waals surface area contributed by atoms with E-state index in [0.717, 1.165) is 0 Å². The predicted octanol–water partition coefficient (Wildman–Crippen LogP) is 0.676. The largest absolute Gasteiger partial charge is 0.382 e. The summed E-state index contributed by atoms with van der Waals surface area (Å²) in [7, 11) is 6.86. The quantitative estimate of drug-likeness (QED) is 0.617. The van der Waals surface area contributed by atoms with Crippen LogP contribution < -0.4 is 5.32 Å². The third-order valence-corrected chi connectivity index (χ3v) is 2.49. The first-order valence-corrected chi connectivity index (χ1v) is 5.95. The molecule has 3 atom stereocenters. The van der Waals surface area contributed by atoms with E-state index in [2.05, 4.69) is 5.32 Å². The molecule has 0 aliphatic heterocycles. The van der Waals surface area contributed by atoms with Gasteiger partial charge in [-0.05, 0) is 20.9 Å². The van der Waals surface area contributed by atoms with Gasteiger partial charge in [-0.2, -0.15) is 0 Å². The molecular weight excluding hydrogens is 222 g/mol. The smallest absolute Gasteiger partial charge is 0.113 e. The molecule has 5 nitrogen and oxygen atoms in total. The van der Waals surface area contributed by atoms with Crippen molar-refractivity contribution in [2.75, 3.05) is 41.5 Å². The van der Waals surface area contributed by atoms with Crippen LogP contribution >= 0.6 is 0 Å². The summed E-state index contributed by atoms with van der Waals surface area (Å²) in [6.07, 6.45) is -0.215. The summed E-state index contributed by atoms with van der Waals surface area (Å²) in [5, 5.41) is 3.11. The number of rotatable bonds is 10. The second kappa shape index (κ2) is 9.79. The first kappa shape index (κ1) is 16.8. The Bertz CT molecular complexity index is 178. The minimum absolute atomic E-state index is 0.0647. The van der Waals surface area contributed by atoms with E-state index >= 15 is 0 Å². The summed E-state index contributed by atoms with van der Waals surface area (Å²) in [5.41, 5.74) is 0. The third kappa shape index (κ3) is 6.33. The summed E-state index contributed by atoms with van der Waals surface area (Å²) < 4.78 is 21.9. The second-order valence-electron chi connectivity index (χ2n) is 4.21. The highest BCUT2D eigenvalue weighted by molar-refractivity contribution is 4.81. The van der Waals surface area contributed by atoms with Crippen molar-refractivity contribution < 1.29 is 18.9 Å². The van der Waals surface area contributed by atoms with Crippen LogP contribution in [0.4, 0.5) is 0 Å². The van der Waals surface area contributed by atoms with E-state index in [1.165, 1.54) is 0 Å². The maximum atomic E-state index is 5.85. The van der Waals surface area contributed by atoms with E-state index in [9.17, 15) is 0 Å². The molecule has 104 valence electrons. The highest BCUT2D eigenvalue weighted by atomic mass is 16.6. The van der Waals surface area contributed by atoms with Gasteiger partial charge in [0.25, 0.3) is 0 Å². The van der Waals surface area contributed by atoms with Crippen LogP contribution in [0.15, 0.2) is 0 Å². The van der Waals surface area contributed by atoms with E-state index in [1.807, 2.05) is 20.9 Å². The van der Waals surface area contributed by atoms with Gasteiger partial charge < -0.3 is 24.3 Å². The molecule has 17 heavy (non-hydrogen) atoms. The van der Waals surface area contributed by atoms with Crippen molar-refractivity contribution >= 4 is 0 Å². The Hall–Kier alpha value is -0.200. The molecule has 0 aromatic carbocycles. The lowest BCUT2D eigenvalue weighted by atomic mass is 10.1. The van der Waals surface area contributed by atoms with Crippen molar-refractivity contribution in [1.82, 2.24) is 5.32 Å². The van der Waals surface area contributed by atoms with Gasteiger partial charge in [-0.15, -0.1) is 0 Å². The van der Waals surface area contributed by atoms with Gasteiger partial charge in [-0.3, -0.25) is 0 Å². The van der Waals surface area contributed by atoms with Crippen molar-refractivity contribution in [3.05, 3.63) is 0 Å². The molecule has 0 fully saturated rings. The van der Waals surface area contributed by atoms with Crippen molar-refractivity contribution in [2.45, 2.75) is 38.3 Å². The van der Waals surface area contributed by atoms with Crippen LogP contribution in [0, 0.1) is 0 Å². The standard InChI is InChI=1S/C12H27NO4/c1-9(2)17-10(7-13-3)12(16-6)11(15-5)8-14-4/h9-13H,7-8H2,1-6H3/t10-,11+,12-/m0/s1. The summed E-state index contributed by atoms with van der Waals surface area (Å²) in [6, 6.07) is 0. The minimum atomic E-state index is -0.158. The third-order valence-electron chi connectivity index (χ3n) is 2.49. The lowest BCUT2D eigenvalue weighted by Crippen LogP contribution is -2.48. The number of likely N-dealkylation sites (N-methyl/N-ethyl adjacent to an activating group) is 1. The normalized spacial score (nSPS) is 17.1. The summed E-state index contributed by atoms with van der Waals surface area (Å²) in [4.78, 5) is 0. The average molecular weight is 249 g/mol. The Morgan fingerprint density at radius 1 is 1.00 bits per heavy atom. The van der Waals surface area contributed by atoms with E-state index in [-0.39, 0.29) is 24.4 Å². The van der Waals surface area contributed by atoms with Crippen LogP contribution in [0.3, 0.4) is 0 Å². The van der Waals surface area contributed by atoms with Crippen LogP contribution in [-0.2, 0) is 18.9 Å². The molecule has 0 radical (unpaired) electrons. The molecule has 0 saturated heterocycles. The molecule has 0 saturated carbocycles. The predicted molar refractivity (Wildman–Crippen MR) is 67.4 cm³/mol. The Labute approximate surface area is 105 Å². The van der Waals surface area contributed by atoms with Crippen LogP contribution in [0.1, 0.15) is 13.8 Å². The first-order valence-electron chi connectivity index (χ1n) is 5.95. The van der Waals surface area contributed by atoms with Crippen LogP contribution in [0.25, 0.3) is 0 Å². The first-order chi connectivity index (χ1) is 8.10. The van der Waals surface area contributed by atoms with Gasteiger partial charge in [-0.1, -0.05) is 0 Å². The van der Waals surface area contributed by atoms with E-state index in [0.29, 0.717) is 13.2 Å². The zero-order valence-electron chi connectivity index (χ0n) is 11.9. The van der Waals surface area contributed by atoms with Crippen LogP contribution in [-0.4, -0.2) is 65.9 Å². The Morgan fingerprint density at radius 2 is 1.65 bits per heavy atom. The van der Waals surface area contributed by atoms with Crippen LogP contribution in [0.2, 0.25) is 0 Å². The van der Waals surface area contributed by atoms with Gasteiger partial charge >= 0.3 is 0 Å². The zero-order chi connectivity index (χ0) is 13.3. The van der Waals surface area contributed by atoms with E-state index in [1.54, 1.807) is 21.3 Å². The van der Waals surface area contributed by atoms with Gasteiger partial charge in [-0.25, -0.2) is 0 Å². The number of hydrogen-bond acceptors (Lipinski definition) is 5. The van der Waals surface area contributed by atoms with Crippen molar-refractivity contribution in [1.29, 1.82) is 0 Å². The summed E-state index contributed by atoms with van der Waals surface area (Å²) in [6.45, 7) is 5.21.